The Balaban J connectivity index is 1.57. The minimum atomic E-state index is -0.382. The lowest BCUT2D eigenvalue weighted by Crippen LogP contribution is -2.16. The molecule has 128 valence electrons. The molecule has 3 aromatic carbocycles. The number of furan rings is 1. The molecule has 0 aliphatic carbocycles. The summed E-state index contributed by atoms with van der Waals surface area (Å²) >= 11 is 3.48. The molecule has 0 saturated carbocycles. The Kier molecular flexibility index (Phi) is 4.31. The third-order valence-corrected chi connectivity index (χ3v) is 5.08. The van der Waals surface area contributed by atoms with Gasteiger partial charge in [0.15, 0.2) is 5.76 Å². The molecule has 1 aromatic heterocycles. The molecule has 1 heterocycles. The summed E-state index contributed by atoms with van der Waals surface area (Å²) in [5, 5.41) is 7.10. The zero-order chi connectivity index (χ0) is 18.1. The van der Waals surface area contributed by atoms with E-state index in [1.54, 1.807) is 12.3 Å². The lowest BCUT2D eigenvalue weighted by atomic mass is 10.1. The van der Waals surface area contributed by atoms with Gasteiger partial charge in [0.1, 0.15) is 5.58 Å². The van der Waals surface area contributed by atoms with Gasteiger partial charge < -0.3 is 4.42 Å². The first-order valence-electron chi connectivity index (χ1n) is 8.13. The van der Waals surface area contributed by atoms with E-state index in [4.69, 9.17) is 4.42 Å². The van der Waals surface area contributed by atoms with Crippen molar-refractivity contribution in [2.24, 2.45) is 5.10 Å². The zero-order valence-electron chi connectivity index (χ0n) is 14.0. The SMILES string of the molecule is Cc1ccc(/C=N\NC(=O)c2cc3c(ccc4ccccc43)o2)cc1Br. The summed E-state index contributed by atoms with van der Waals surface area (Å²) in [6.07, 6.45) is 1.60. The van der Waals surface area contributed by atoms with Crippen molar-refractivity contribution in [3.05, 3.63) is 82.0 Å². The van der Waals surface area contributed by atoms with Crippen LogP contribution < -0.4 is 5.43 Å². The highest BCUT2D eigenvalue weighted by Gasteiger charge is 2.13. The lowest BCUT2D eigenvalue weighted by Gasteiger charge is -1.99. The van der Waals surface area contributed by atoms with Crippen LogP contribution in [0.1, 0.15) is 21.7 Å². The summed E-state index contributed by atoms with van der Waals surface area (Å²) in [5.41, 5.74) is 5.22. The highest BCUT2D eigenvalue weighted by molar-refractivity contribution is 9.10. The summed E-state index contributed by atoms with van der Waals surface area (Å²) < 4.78 is 6.68. The van der Waals surface area contributed by atoms with Gasteiger partial charge in [0, 0.05) is 9.86 Å². The Morgan fingerprint density at radius 3 is 2.77 bits per heavy atom. The maximum absolute atomic E-state index is 12.3. The van der Waals surface area contributed by atoms with E-state index in [1.807, 2.05) is 61.5 Å². The van der Waals surface area contributed by atoms with Gasteiger partial charge in [-0.15, -0.1) is 0 Å². The van der Waals surface area contributed by atoms with Crippen LogP contribution in [0.2, 0.25) is 0 Å². The van der Waals surface area contributed by atoms with E-state index in [1.165, 1.54) is 0 Å². The number of benzene rings is 3. The number of nitrogens with zero attached hydrogens (tertiary/aromatic N) is 1. The monoisotopic (exact) mass is 406 g/mol. The number of aryl methyl sites for hydroxylation is 1. The number of amides is 1. The minimum absolute atomic E-state index is 0.235. The highest BCUT2D eigenvalue weighted by Crippen LogP contribution is 2.28. The molecule has 0 unspecified atom stereocenters. The van der Waals surface area contributed by atoms with Crippen LogP contribution in [-0.2, 0) is 0 Å². The van der Waals surface area contributed by atoms with Crippen molar-refractivity contribution in [1.82, 2.24) is 5.43 Å². The van der Waals surface area contributed by atoms with Crippen molar-refractivity contribution in [2.45, 2.75) is 6.92 Å². The second kappa shape index (κ2) is 6.77. The molecular weight excluding hydrogens is 392 g/mol. The normalized spacial score (nSPS) is 11.5. The Morgan fingerprint density at radius 1 is 1.08 bits per heavy atom. The number of carbonyl (C=O) groups is 1. The minimum Gasteiger partial charge on any atom is -0.451 e. The molecule has 1 amide bonds. The molecule has 0 aliphatic heterocycles. The van der Waals surface area contributed by atoms with Crippen molar-refractivity contribution in [1.29, 1.82) is 0 Å². The van der Waals surface area contributed by atoms with Crippen molar-refractivity contribution >= 4 is 49.8 Å². The first-order chi connectivity index (χ1) is 12.6. The predicted molar refractivity (Wildman–Crippen MR) is 108 cm³/mol. The zero-order valence-corrected chi connectivity index (χ0v) is 15.6. The third kappa shape index (κ3) is 3.13. The quantitative estimate of drug-likeness (QED) is 0.364. The number of halogens is 1. The molecule has 5 heteroatoms. The van der Waals surface area contributed by atoms with Crippen molar-refractivity contribution in [2.75, 3.05) is 0 Å². The van der Waals surface area contributed by atoms with E-state index >= 15 is 0 Å². The van der Waals surface area contributed by atoms with Crippen LogP contribution in [-0.4, -0.2) is 12.1 Å². The van der Waals surface area contributed by atoms with E-state index in [0.717, 1.165) is 31.8 Å². The molecule has 0 radical (unpaired) electrons. The second-order valence-corrected chi connectivity index (χ2v) is 6.87. The van der Waals surface area contributed by atoms with Crippen LogP contribution in [0.15, 0.2) is 74.7 Å². The Bertz CT molecular complexity index is 1160. The number of hydrazone groups is 1. The van der Waals surface area contributed by atoms with Crippen molar-refractivity contribution in [3.63, 3.8) is 0 Å². The van der Waals surface area contributed by atoms with Crippen molar-refractivity contribution < 1.29 is 9.21 Å². The Morgan fingerprint density at radius 2 is 1.92 bits per heavy atom. The molecule has 26 heavy (non-hydrogen) atoms. The molecule has 0 fully saturated rings. The fourth-order valence-electron chi connectivity index (χ4n) is 2.81. The molecule has 0 bridgehead atoms. The molecule has 0 aliphatic rings. The number of hydrogen-bond acceptors (Lipinski definition) is 3. The van der Waals surface area contributed by atoms with Crippen LogP contribution in [0.4, 0.5) is 0 Å². The highest BCUT2D eigenvalue weighted by atomic mass is 79.9. The van der Waals surface area contributed by atoms with E-state index in [-0.39, 0.29) is 11.7 Å². The summed E-state index contributed by atoms with van der Waals surface area (Å²) in [5.74, 6) is -0.147. The summed E-state index contributed by atoms with van der Waals surface area (Å²) in [7, 11) is 0. The molecule has 4 aromatic rings. The molecule has 4 rings (SSSR count). The molecule has 0 saturated heterocycles. The summed E-state index contributed by atoms with van der Waals surface area (Å²) in [6, 6.07) is 19.5. The smallest absolute Gasteiger partial charge is 0.307 e. The van der Waals surface area contributed by atoms with Crippen LogP contribution in [0.3, 0.4) is 0 Å². The van der Waals surface area contributed by atoms with E-state index in [0.29, 0.717) is 5.58 Å². The maximum Gasteiger partial charge on any atom is 0.307 e. The Hall–Kier alpha value is -2.92. The predicted octanol–water partition coefficient (Wildman–Crippen LogP) is 5.42. The number of rotatable bonds is 3. The van der Waals surface area contributed by atoms with Gasteiger partial charge in [0.2, 0.25) is 0 Å². The topological polar surface area (TPSA) is 54.6 Å². The van der Waals surface area contributed by atoms with Crippen LogP contribution in [0, 0.1) is 6.92 Å². The molecular formula is C21H15BrN2O2. The average Bonchev–Trinajstić information content (AvgIpc) is 3.09. The fraction of sp³-hybridized carbons (Fsp3) is 0.0476. The lowest BCUT2D eigenvalue weighted by molar-refractivity contribution is 0.0929. The van der Waals surface area contributed by atoms with Gasteiger partial charge >= 0.3 is 5.91 Å². The van der Waals surface area contributed by atoms with Gasteiger partial charge in [-0.3, -0.25) is 4.79 Å². The van der Waals surface area contributed by atoms with Crippen LogP contribution >= 0.6 is 15.9 Å². The second-order valence-electron chi connectivity index (χ2n) is 6.02. The molecule has 0 atom stereocenters. The number of nitrogens with one attached hydrogen (secondary N) is 1. The van der Waals surface area contributed by atoms with Gasteiger partial charge in [-0.1, -0.05) is 58.4 Å². The molecule has 4 nitrogen and oxygen atoms in total. The van der Waals surface area contributed by atoms with Gasteiger partial charge in [-0.05, 0) is 47.0 Å². The Labute approximate surface area is 158 Å². The molecule has 0 spiro atoms. The van der Waals surface area contributed by atoms with Crippen LogP contribution in [0.25, 0.3) is 21.7 Å². The van der Waals surface area contributed by atoms with Crippen LogP contribution in [0.5, 0.6) is 0 Å². The first-order valence-corrected chi connectivity index (χ1v) is 8.92. The maximum atomic E-state index is 12.3. The third-order valence-electron chi connectivity index (χ3n) is 4.23. The summed E-state index contributed by atoms with van der Waals surface area (Å²) in [4.78, 5) is 12.3. The van der Waals surface area contributed by atoms with Gasteiger partial charge in [-0.25, -0.2) is 5.43 Å². The average molecular weight is 407 g/mol. The number of carbonyl (C=O) groups excluding carboxylic acids is 1. The first kappa shape index (κ1) is 16.5. The molecule has 1 N–H and O–H groups in total. The van der Waals surface area contributed by atoms with Gasteiger partial charge in [0.25, 0.3) is 0 Å². The van der Waals surface area contributed by atoms with Crippen molar-refractivity contribution in [3.8, 4) is 0 Å². The number of hydrogen-bond donors (Lipinski definition) is 1. The van der Waals surface area contributed by atoms with E-state index < -0.39 is 0 Å². The van der Waals surface area contributed by atoms with E-state index in [2.05, 4.69) is 26.5 Å². The number of fused-ring (bicyclic) bond motifs is 3. The van der Waals surface area contributed by atoms with Gasteiger partial charge in [0.05, 0.1) is 6.21 Å². The summed E-state index contributed by atoms with van der Waals surface area (Å²) in [6.45, 7) is 2.01. The fourth-order valence-corrected chi connectivity index (χ4v) is 3.21. The van der Waals surface area contributed by atoms with E-state index in [9.17, 15) is 4.79 Å². The standard InChI is InChI=1S/C21H15BrN2O2/c1-13-6-7-14(10-18(13)22)12-23-24-21(25)20-11-17-16-5-3-2-4-15(16)8-9-19(17)26-20/h2-12H,1H3,(H,24,25)/b23-12-. The van der Waals surface area contributed by atoms with Gasteiger partial charge in [-0.2, -0.15) is 5.10 Å². The largest absolute Gasteiger partial charge is 0.451 e.